The summed E-state index contributed by atoms with van der Waals surface area (Å²) in [6.45, 7) is 2.26. The van der Waals surface area contributed by atoms with E-state index in [4.69, 9.17) is 16.2 Å². The maximum atomic E-state index is 11.0. The summed E-state index contributed by atoms with van der Waals surface area (Å²) in [5.74, 6) is 1.20. The summed E-state index contributed by atoms with van der Waals surface area (Å²) in [4.78, 5) is 20.5. The number of rotatable bonds is 7. The monoisotopic (exact) mass is 344 g/mol. The van der Waals surface area contributed by atoms with Crippen LogP contribution >= 0.6 is 0 Å². The number of benzene rings is 1. The second kappa shape index (κ2) is 7.95. The molecule has 0 bridgehead atoms. The van der Waals surface area contributed by atoms with Gasteiger partial charge in [0.1, 0.15) is 18.2 Å². The number of nitrogens with zero attached hydrogens (tertiary/aromatic N) is 4. The van der Waals surface area contributed by atoms with E-state index in [1.807, 2.05) is 11.9 Å². The quantitative estimate of drug-likeness (QED) is 0.571. The lowest BCUT2D eigenvalue weighted by Crippen LogP contribution is -2.18. The molecule has 0 saturated carbocycles. The van der Waals surface area contributed by atoms with Gasteiger partial charge in [-0.3, -0.25) is 10.1 Å². The molecule has 9 heteroatoms. The lowest BCUT2D eigenvalue weighted by atomic mass is 10.3. The van der Waals surface area contributed by atoms with Crippen molar-refractivity contribution in [1.82, 2.24) is 14.9 Å². The molecule has 1 aromatic heterocycles. The summed E-state index contributed by atoms with van der Waals surface area (Å²) in [6, 6.07) is 6.14. The van der Waals surface area contributed by atoms with Gasteiger partial charge in [-0.25, -0.2) is 9.97 Å². The van der Waals surface area contributed by atoms with Gasteiger partial charge in [0, 0.05) is 37.6 Å². The highest BCUT2D eigenvalue weighted by Gasteiger charge is 2.13. The Balaban J connectivity index is 1.98. The Bertz CT molecular complexity index is 793. The third-order valence-electron chi connectivity index (χ3n) is 3.28. The van der Waals surface area contributed by atoms with Gasteiger partial charge >= 0.3 is 5.69 Å². The van der Waals surface area contributed by atoms with Gasteiger partial charge < -0.3 is 21.1 Å². The number of hydrogen-bond acceptors (Lipinski definition) is 8. The topological polar surface area (TPSA) is 133 Å². The zero-order chi connectivity index (χ0) is 18.4. The highest BCUT2D eigenvalue weighted by atomic mass is 16.6. The molecule has 9 nitrogen and oxygen atoms in total. The van der Waals surface area contributed by atoms with Gasteiger partial charge in [0.15, 0.2) is 5.75 Å². The Morgan fingerprint density at radius 3 is 2.84 bits per heavy atom. The van der Waals surface area contributed by atoms with Crippen molar-refractivity contribution in [2.45, 2.75) is 13.5 Å². The number of aryl methyl sites for hydroxylation is 1. The SMILES string of the molecule is Cc1ncc(CN(C)/C=C(\N)COc2ccccc2[N+](=O)[O-])c(N)n1. The maximum absolute atomic E-state index is 11.0. The molecular weight excluding hydrogens is 324 g/mol. The van der Waals surface area contributed by atoms with Crippen LogP contribution in [0, 0.1) is 17.0 Å². The standard InChI is InChI=1S/C16H20N6O3/c1-11-19-7-12(16(18)20-11)8-21(2)9-13(17)10-25-15-6-4-3-5-14(15)22(23)24/h3-7,9H,8,10,17H2,1-2H3,(H2,18,19,20)/b13-9-. The predicted molar refractivity (Wildman–Crippen MR) is 93.5 cm³/mol. The molecule has 0 saturated heterocycles. The smallest absolute Gasteiger partial charge is 0.310 e. The summed E-state index contributed by atoms with van der Waals surface area (Å²) in [5.41, 5.74) is 12.9. The van der Waals surface area contributed by atoms with E-state index in [9.17, 15) is 10.1 Å². The van der Waals surface area contributed by atoms with E-state index < -0.39 is 4.92 Å². The van der Waals surface area contributed by atoms with Gasteiger partial charge in [-0.05, 0) is 13.0 Å². The minimum atomic E-state index is -0.498. The normalized spacial score (nSPS) is 11.2. The molecule has 2 aromatic rings. The molecule has 0 aliphatic rings. The van der Waals surface area contributed by atoms with E-state index >= 15 is 0 Å². The summed E-state index contributed by atoms with van der Waals surface area (Å²) in [5, 5.41) is 11.0. The fourth-order valence-corrected chi connectivity index (χ4v) is 2.16. The minimum absolute atomic E-state index is 0.0229. The second-order valence-corrected chi connectivity index (χ2v) is 5.46. The van der Waals surface area contributed by atoms with Crippen LogP contribution in [-0.2, 0) is 6.54 Å². The van der Waals surface area contributed by atoms with Crippen molar-refractivity contribution in [3.8, 4) is 5.75 Å². The van der Waals surface area contributed by atoms with Crippen molar-refractivity contribution in [3.63, 3.8) is 0 Å². The molecule has 0 aliphatic heterocycles. The predicted octanol–water partition coefficient (Wildman–Crippen LogP) is 1.59. The van der Waals surface area contributed by atoms with Gasteiger partial charge in [0.05, 0.1) is 10.6 Å². The summed E-state index contributed by atoms with van der Waals surface area (Å²) < 4.78 is 5.44. The zero-order valence-corrected chi connectivity index (χ0v) is 14.0. The van der Waals surface area contributed by atoms with E-state index in [1.54, 1.807) is 31.5 Å². The third-order valence-corrected chi connectivity index (χ3v) is 3.28. The Kier molecular flexibility index (Phi) is 5.72. The summed E-state index contributed by atoms with van der Waals surface area (Å²) in [7, 11) is 1.82. The maximum Gasteiger partial charge on any atom is 0.310 e. The van der Waals surface area contributed by atoms with Crippen molar-refractivity contribution < 1.29 is 9.66 Å². The van der Waals surface area contributed by atoms with Crippen molar-refractivity contribution in [2.24, 2.45) is 5.73 Å². The lowest BCUT2D eigenvalue weighted by molar-refractivity contribution is -0.385. The summed E-state index contributed by atoms with van der Waals surface area (Å²) in [6.07, 6.45) is 3.34. The van der Waals surface area contributed by atoms with Crippen LogP contribution in [0.3, 0.4) is 0 Å². The highest BCUT2D eigenvalue weighted by molar-refractivity contribution is 5.45. The van der Waals surface area contributed by atoms with Crippen LogP contribution in [0.1, 0.15) is 11.4 Å². The van der Waals surface area contributed by atoms with Crippen LogP contribution in [0.5, 0.6) is 5.75 Å². The number of nitro groups is 1. The van der Waals surface area contributed by atoms with E-state index in [1.165, 1.54) is 12.1 Å². The van der Waals surface area contributed by atoms with Gasteiger partial charge in [-0.1, -0.05) is 12.1 Å². The largest absolute Gasteiger partial charge is 0.480 e. The average Bonchev–Trinajstić information content (AvgIpc) is 2.55. The molecular formula is C16H20N6O3. The van der Waals surface area contributed by atoms with Gasteiger partial charge in [-0.15, -0.1) is 0 Å². The van der Waals surface area contributed by atoms with Crippen LogP contribution in [0.2, 0.25) is 0 Å². The molecule has 0 aliphatic carbocycles. The molecule has 4 N–H and O–H groups in total. The molecule has 25 heavy (non-hydrogen) atoms. The van der Waals surface area contributed by atoms with Crippen molar-refractivity contribution in [2.75, 3.05) is 19.4 Å². The Morgan fingerprint density at radius 1 is 1.44 bits per heavy atom. The minimum Gasteiger partial charge on any atom is -0.480 e. The first-order valence-electron chi connectivity index (χ1n) is 7.47. The molecule has 0 atom stereocenters. The van der Waals surface area contributed by atoms with E-state index in [0.29, 0.717) is 23.9 Å². The second-order valence-electron chi connectivity index (χ2n) is 5.46. The molecule has 0 amide bonds. The molecule has 132 valence electrons. The molecule has 1 aromatic carbocycles. The van der Waals surface area contributed by atoms with E-state index in [2.05, 4.69) is 9.97 Å². The Morgan fingerprint density at radius 2 is 2.16 bits per heavy atom. The molecule has 0 radical (unpaired) electrons. The van der Waals surface area contributed by atoms with Gasteiger partial charge in [0.2, 0.25) is 0 Å². The van der Waals surface area contributed by atoms with Crippen LogP contribution < -0.4 is 16.2 Å². The van der Waals surface area contributed by atoms with Crippen molar-refractivity contribution >= 4 is 11.5 Å². The first kappa shape index (κ1) is 18.0. The zero-order valence-electron chi connectivity index (χ0n) is 14.0. The Labute approximate surface area is 145 Å². The van der Waals surface area contributed by atoms with E-state index in [0.717, 1.165) is 5.56 Å². The van der Waals surface area contributed by atoms with Crippen LogP contribution in [0.25, 0.3) is 0 Å². The van der Waals surface area contributed by atoms with Crippen LogP contribution in [0.4, 0.5) is 11.5 Å². The molecule has 0 fully saturated rings. The third kappa shape index (κ3) is 5.06. The van der Waals surface area contributed by atoms with Crippen molar-refractivity contribution in [3.05, 3.63) is 63.9 Å². The van der Waals surface area contributed by atoms with E-state index in [-0.39, 0.29) is 18.0 Å². The number of nitro benzene ring substituents is 1. The summed E-state index contributed by atoms with van der Waals surface area (Å²) >= 11 is 0. The molecule has 0 unspecified atom stereocenters. The number of hydrogen-bond donors (Lipinski definition) is 2. The number of nitrogen functional groups attached to an aromatic ring is 1. The van der Waals surface area contributed by atoms with Gasteiger partial charge in [-0.2, -0.15) is 0 Å². The lowest BCUT2D eigenvalue weighted by Gasteiger charge is -2.16. The first-order valence-corrected chi connectivity index (χ1v) is 7.47. The number of nitrogens with two attached hydrogens (primary N) is 2. The first-order chi connectivity index (χ1) is 11.9. The molecule has 1 heterocycles. The number of ether oxygens (including phenoxy) is 1. The van der Waals surface area contributed by atoms with Crippen LogP contribution in [-0.4, -0.2) is 33.4 Å². The fraction of sp³-hybridized carbons (Fsp3) is 0.250. The molecule has 0 spiro atoms. The number of anilines is 1. The van der Waals surface area contributed by atoms with Crippen LogP contribution in [0.15, 0.2) is 42.4 Å². The molecule has 2 rings (SSSR count). The highest BCUT2D eigenvalue weighted by Crippen LogP contribution is 2.25. The van der Waals surface area contributed by atoms with Crippen molar-refractivity contribution in [1.29, 1.82) is 0 Å². The van der Waals surface area contributed by atoms with Gasteiger partial charge in [0.25, 0.3) is 0 Å². The Hall–Kier alpha value is -3.36. The average molecular weight is 344 g/mol. The number of aromatic nitrogens is 2. The number of para-hydroxylation sites is 2. The fourth-order valence-electron chi connectivity index (χ4n) is 2.16.